The molecule has 1 aliphatic rings. The lowest BCUT2D eigenvalue weighted by Gasteiger charge is -2.39. The quantitative estimate of drug-likeness (QED) is 0.705. The topological polar surface area (TPSA) is 26.7 Å². The van der Waals surface area contributed by atoms with Crippen LogP contribution in [0.15, 0.2) is 12.7 Å². The number of piperidine rings is 1. The van der Waals surface area contributed by atoms with E-state index in [-0.39, 0.29) is 6.10 Å². The standard InChI is InChI=1S/C15H30N2O/c1-5-6-7-15(18)12-16(4)14-8-10-17(11-9-14)13(2)3/h5,13-15,18H,1,6-12H2,2-4H3/t15-/m1/s1. The van der Waals surface area contributed by atoms with Gasteiger partial charge in [-0.25, -0.2) is 0 Å². The molecule has 1 rings (SSSR count). The van der Waals surface area contributed by atoms with Crippen molar-refractivity contribution in [3.05, 3.63) is 12.7 Å². The molecule has 0 aromatic carbocycles. The Balaban J connectivity index is 2.27. The van der Waals surface area contributed by atoms with Gasteiger partial charge in [-0.15, -0.1) is 6.58 Å². The first kappa shape index (κ1) is 15.7. The van der Waals surface area contributed by atoms with Gasteiger partial charge in [0.2, 0.25) is 0 Å². The number of hydrogen-bond donors (Lipinski definition) is 1. The summed E-state index contributed by atoms with van der Waals surface area (Å²) in [6.45, 7) is 11.4. The van der Waals surface area contributed by atoms with Crippen molar-refractivity contribution in [3.63, 3.8) is 0 Å². The Morgan fingerprint density at radius 2 is 2.00 bits per heavy atom. The Bertz CT molecular complexity index is 235. The van der Waals surface area contributed by atoms with E-state index in [9.17, 15) is 5.11 Å². The molecule has 0 bridgehead atoms. The summed E-state index contributed by atoms with van der Waals surface area (Å²) in [7, 11) is 2.15. The normalized spacial score (nSPS) is 20.6. The van der Waals surface area contributed by atoms with Gasteiger partial charge in [0.25, 0.3) is 0 Å². The van der Waals surface area contributed by atoms with Gasteiger partial charge in [0.15, 0.2) is 0 Å². The largest absolute Gasteiger partial charge is 0.392 e. The van der Waals surface area contributed by atoms with Crippen LogP contribution in [-0.4, -0.2) is 59.8 Å². The molecular formula is C15H30N2O. The number of nitrogens with zero attached hydrogens (tertiary/aromatic N) is 2. The molecule has 0 spiro atoms. The highest BCUT2D eigenvalue weighted by Crippen LogP contribution is 2.17. The van der Waals surface area contributed by atoms with E-state index in [1.54, 1.807) is 0 Å². The lowest BCUT2D eigenvalue weighted by molar-refractivity contribution is 0.0632. The number of likely N-dealkylation sites (tertiary alicyclic amines) is 1. The second kappa shape index (κ2) is 7.93. The highest BCUT2D eigenvalue weighted by Gasteiger charge is 2.24. The van der Waals surface area contributed by atoms with Gasteiger partial charge in [0, 0.05) is 18.6 Å². The smallest absolute Gasteiger partial charge is 0.0670 e. The molecule has 0 amide bonds. The van der Waals surface area contributed by atoms with Gasteiger partial charge in [0.1, 0.15) is 0 Å². The van der Waals surface area contributed by atoms with Crippen molar-refractivity contribution in [2.24, 2.45) is 0 Å². The predicted molar refractivity (Wildman–Crippen MR) is 77.8 cm³/mol. The molecule has 3 heteroatoms. The van der Waals surface area contributed by atoms with Crippen LogP contribution in [0.3, 0.4) is 0 Å². The van der Waals surface area contributed by atoms with Crippen molar-refractivity contribution < 1.29 is 5.11 Å². The Morgan fingerprint density at radius 3 is 2.50 bits per heavy atom. The molecule has 0 unspecified atom stereocenters. The van der Waals surface area contributed by atoms with Crippen LogP contribution < -0.4 is 0 Å². The SMILES string of the molecule is C=CCC[C@@H](O)CN(C)C1CCN(C(C)C)CC1. The highest BCUT2D eigenvalue weighted by molar-refractivity contribution is 4.81. The number of aliphatic hydroxyl groups is 1. The Morgan fingerprint density at radius 1 is 1.39 bits per heavy atom. The second-order valence-corrected chi connectivity index (χ2v) is 5.82. The van der Waals surface area contributed by atoms with Crippen molar-refractivity contribution in [3.8, 4) is 0 Å². The van der Waals surface area contributed by atoms with Crippen LogP contribution >= 0.6 is 0 Å². The van der Waals surface area contributed by atoms with Gasteiger partial charge in [-0.3, -0.25) is 0 Å². The molecule has 1 saturated heterocycles. The van der Waals surface area contributed by atoms with Crippen molar-refractivity contribution >= 4 is 0 Å². The van der Waals surface area contributed by atoms with Crippen molar-refractivity contribution in [2.75, 3.05) is 26.7 Å². The summed E-state index contributed by atoms with van der Waals surface area (Å²) in [4.78, 5) is 4.88. The molecule has 0 radical (unpaired) electrons. The van der Waals surface area contributed by atoms with Gasteiger partial charge in [0.05, 0.1) is 6.10 Å². The molecule has 106 valence electrons. The average molecular weight is 254 g/mol. The van der Waals surface area contributed by atoms with Crippen molar-refractivity contribution in [1.29, 1.82) is 0 Å². The summed E-state index contributed by atoms with van der Waals surface area (Å²) in [5.74, 6) is 0. The molecule has 1 atom stereocenters. The molecule has 1 aliphatic heterocycles. The maximum absolute atomic E-state index is 9.92. The minimum atomic E-state index is -0.212. The third-order valence-electron chi connectivity index (χ3n) is 4.06. The number of likely N-dealkylation sites (N-methyl/N-ethyl adjacent to an activating group) is 1. The summed E-state index contributed by atoms with van der Waals surface area (Å²) in [6, 6.07) is 1.30. The van der Waals surface area contributed by atoms with E-state index >= 15 is 0 Å². The fraction of sp³-hybridized carbons (Fsp3) is 0.867. The van der Waals surface area contributed by atoms with E-state index in [1.807, 2.05) is 6.08 Å². The van der Waals surface area contributed by atoms with E-state index in [0.29, 0.717) is 12.1 Å². The van der Waals surface area contributed by atoms with Crippen LogP contribution in [0.4, 0.5) is 0 Å². The zero-order valence-electron chi connectivity index (χ0n) is 12.3. The van der Waals surface area contributed by atoms with Crippen molar-refractivity contribution in [2.45, 2.75) is 57.7 Å². The van der Waals surface area contributed by atoms with E-state index in [1.165, 1.54) is 25.9 Å². The molecule has 3 nitrogen and oxygen atoms in total. The van der Waals surface area contributed by atoms with Crippen LogP contribution in [0.5, 0.6) is 0 Å². The van der Waals surface area contributed by atoms with E-state index in [2.05, 4.69) is 37.3 Å². The molecule has 0 aromatic heterocycles. The van der Waals surface area contributed by atoms with Gasteiger partial charge >= 0.3 is 0 Å². The molecule has 1 fully saturated rings. The first-order valence-electron chi connectivity index (χ1n) is 7.27. The summed E-state index contributed by atoms with van der Waals surface area (Å²) < 4.78 is 0. The van der Waals surface area contributed by atoms with Crippen molar-refractivity contribution in [1.82, 2.24) is 9.80 Å². The Hall–Kier alpha value is -0.380. The molecule has 1 N–H and O–H groups in total. The minimum absolute atomic E-state index is 0.212. The van der Waals surface area contributed by atoms with Gasteiger partial charge in [-0.05, 0) is 59.7 Å². The lowest BCUT2D eigenvalue weighted by Crippen LogP contribution is -2.47. The lowest BCUT2D eigenvalue weighted by atomic mass is 10.0. The number of allylic oxidation sites excluding steroid dienone is 1. The molecule has 0 aliphatic carbocycles. The van der Waals surface area contributed by atoms with Crippen LogP contribution in [0.2, 0.25) is 0 Å². The van der Waals surface area contributed by atoms with Gasteiger partial charge < -0.3 is 14.9 Å². The minimum Gasteiger partial charge on any atom is -0.392 e. The Labute approximate surface area is 112 Å². The van der Waals surface area contributed by atoms with Crippen LogP contribution in [0, 0.1) is 0 Å². The maximum Gasteiger partial charge on any atom is 0.0670 e. The monoisotopic (exact) mass is 254 g/mol. The Kier molecular flexibility index (Phi) is 6.90. The zero-order chi connectivity index (χ0) is 13.5. The van der Waals surface area contributed by atoms with Crippen LogP contribution in [0.1, 0.15) is 39.5 Å². The van der Waals surface area contributed by atoms with E-state index in [4.69, 9.17) is 0 Å². The second-order valence-electron chi connectivity index (χ2n) is 5.82. The van der Waals surface area contributed by atoms with Gasteiger partial charge in [-0.1, -0.05) is 6.08 Å². The first-order valence-corrected chi connectivity index (χ1v) is 7.27. The average Bonchev–Trinajstić information content (AvgIpc) is 2.36. The number of rotatable bonds is 7. The van der Waals surface area contributed by atoms with Crippen LogP contribution in [-0.2, 0) is 0 Å². The van der Waals surface area contributed by atoms with E-state index < -0.39 is 0 Å². The third-order valence-corrected chi connectivity index (χ3v) is 4.06. The predicted octanol–water partition coefficient (Wildman–Crippen LogP) is 2.12. The summed E-state index contributed by atoms with van der Waals surface area (Å²) in [6.07, 6.45) is 5.85. The molecule has 0 saturated carbocycles. The fourth-order valence-electron chi connectivity index (χ4n) is 2.73. The molecule has 0 aromatic rings. The molecule has 18 heavy (non-hydrogen) atoms. The van der Waals surface area contributed by atoms with Crippen LogP contribution in [0.25, 0.3) is 0 Å². The first-order chi connectivity index (χ1) is 8.54. The number of hydrogen-bond acceptors (Lipinski definition) is 3. The zero-order valence-corrected chi connectivity index (χ0v) is 12.3. The van der Waals surface area contributed by atoms with E-state index in [0.717, 1.165) is 19.4 Å². The van der Waals surface area contributed by atoms with Gasteiger partial charge in [-0.2, -0.15) is 0 Å². The summed E-state index contributed by atoms with van der Waals surface area (Å²) in [5, 5.41) is 9.92. The maximum atomic E-state index is 9.92. The molecular weight excluding hydrogens is 224 g/mol. The summed E-state index contributed by atoms with van der Waals surface area (Å²) in [5.41, 5.74) is 0. The summed E-state index contributed by atoms with van der Waals surface area (Å²) >= 11 is 0. The fourth-order valence-corrected chi connectivity index (χ4v) is 2.73. The third kappa shape index (κ3) is 5.09. The number of aliphatic hydroxyl groups excluding tert-OH is 1. The highest BCUT2D eigenvalue weighted by atomic mass is 16.3. The molecule has 1 heterocycles.